The van der Waals surface area contributed by atoms with Gasteiger partial charge >= 0.3 is 0 Å². The summed E-state index contributed by atoms with van der Waals surface area (Å²) in [5.41, 5.74) is 1.27. The van der Waals surface area contributed by atoms with E-state index < -0.39 is 0 Å². The largest absolute Gasteiger partial charge is 0.373 e. The molecule has 1 atom stereocenters. The highest BCUT2D eigenvalue weighted by Gasteiger charge is 2.25. The van der Waals surface area contributed by atoms with Crippen LogP contribution in [0.3, 0.4) is 0 Å². The summed E-state index contributed by atoms with van der Waals surface area (Å²) in [7, 11) is 5.74. The molecular formula is C15H24N4O. The second-order valence-electron chi connectivity index (χ2n) is 5.64. The number of carbonyl (C=O) groups excluding carboxylic acids is 1. The van der Waals surface area contributed by atoms with Crippen LogP contribution in [0.2, 0.25) is 0 Å². The molecule has 0 aromatic carbocycles. The average molecular weight is 276 g/mol. The van der Waals surface area contributed by atoms with Crippen LogP contribution < -0.4 is 5.32 Å². The van der Waals surface area contributed by atoms with Gasteiger partial charge in [0.15, 0.2) is 0 Å². The van der Waals surface area contributed by atoms with E-state index in [-0.39, 0.29) is 5.91 Å². The lowest BCUT2D eigenvalue weighted by molar-refractivity contribution is -0.133. The number of pyridine rings is 1. The second-order valence-corrected chi connectivity index (χ2v) is 5.64. The van der Waals surface area contributed by atoms with E-state index in [1.54, 1.807) is 0 Å². The number of likely N-dealkylation sites (tertiary alicyclic amines) is 1. The predicted octanol–water partition coefficient (Wildman–Crippen LogP) is 1.39. The topological polar surface area (TPSA) is 48.5 Å². The van der Waals surface area contributed by atoms with Crippen molar-refractivity contribution in [2.45, 2.75) is 18.8 Å². The van der Waals surface area contributed by atoms with Crippen LogP contribution >= 0.6 is 0 Å². The predicted molar refractivity (Wildman–Crippen MR) is 80.9 cm³/mol. The zero-order valence-electron chi connectivity index (χ0n) is 12.6. The number of hydrogen-bond donors (Lipinski definition) is 1. The third-order valence-electron chi connectivity index (χ3n) is 3.74. The normalized spacial score (nSPS) is 19.2. The Morgan fingerprint density at radius 1 is 1.55 bits per heavy atom. The van der Waals surface area contributed by atoms with Crippen molar-refractivity contribution in [1.82, 2.24) is 14.8 Å². The Bertz CT molecular complexity index is 461. The monoisotopic (exact) mass is 276 g/mol. The summed E-state index contributed by atoms with van der Waals surface area (Å²) in [4.78, 5) is 20.3. The smallest absolute Gasteiger partial charge is 0.236 e. The van der Waals surface area contributed by atoms with Crippen molar-refractivity contribution in [2.75, 3.05) is 46.1 Å². The number of nitrogens with one attached hydrogen (secondary N) is 1. The zero-order valence-corrected chi connectivity index (χ0v) is 12.6. The first-order valence-corrected chi connectivity index (χ1v) is 7.16. The van der Waals surface area contributed by atoms with Gasteiger partial charge in [0.1, 0.15) is 5.82 Å². The molecule has 1 aromatic heterocycles. The highest BCUT2D eigenvalue weighted by Crippen LogP contribution is 2.27. The van der Waals surface area contributed by atoms with E-state index in [0.29, 0.717) is 12.5 Å². The minimum absolute atomic E-state index is 0.225. The first-order chi connectivity index (χ1) is 9.60. The van der Waals surface area contributed by atoms with Gasteiger partial charge in [-0.15, -0.1) is 0 Å². The van der Waals surface area contributed by atoms with Crippen LogP contribution in [0.4, 0.5) is 5.82 Å². The lowest BCUT2D eigenvalue weighted by Gasteiger charge is -2.33. The van der Waals surface area contributed by atoms with Gasteiger partial charge in [-0.3, -0.25) is 4.79 Å². The van der Waals surface area contributed by atoms with Gasteiger partial charge in [-0.05, 0) is 44.6 Å². The van der Waals surface area contributed by atoms with Crippen molar-refractivity contribution >= 4 is 11.7 Å². The molecule has 0 bridgehead atoms. The summed E-state index contributed by atoms with van der Waals surface area (Å²) >= 11 is 0. The number of likely N-dealkylation sites (N-methyl/N-ethyl adjacent to an activating group) is 1. The average Bonchev–Trinajstić information content (AvgIpc) is 2.47. The van der Waals surface area contributed by atoms with Crippen molar-refractivity contribution in [3.63, 3.8) is 0 Å². The van der Waals surface area contributed by atoms with Gasteiger partial charge in [0.05, 0.1) is 6.54 Å². The highest BCUT2D eigenvalue weighted by atomic mass is 16.2. The summed E-state index contributed by atoms with van der Waals surface area (Å²) in [6.07, 6.45) is 4.04. The van der Waals surface area contributed by atoms with Gasteiger partial charge in [-0.1, -0.05) is 0 Å². The van der Waals surface area contributed by atoms with Crippen molar-refractivity contribution < 1.29 is 4.79 Å². The molecule has 0 spiro atoms. The molecule has 5 nitrogen and oxygen atoms in total. The summed E-state index contributed by atoms with van der Waals surface area (Å²) in [6.45, 7) is 2.19. The quantitative estimate of drug-likeness (QED) is 0.903. The Labute approximate surface area is 121 Å². The molecule has 20 heavy (non-hydrogen) atoms. The van der Waals surface area contributed by atoms with Crippen LogP contribution in [0.25, 0.3) is 0 Å². The molecule has 1 unspecified atom stereocenters. The third-order valence-corrected chi connectivity index (χ3v) is 3.74. The number of aromatic nitrogens is 1. The van der Waals surface area contributed by atoms with E-state index in [9.17, 15) is 4.79 Å². The van der Waals surface area contributed by atoms with Crippen molar-refractivity contribution in [1.29, 1.82) is 0 Å². The van der Waals surface area contributed by atoms with E-state index in [4.69, 9.17) is 0 Å². The van der Waals surface area contributed by atoms with Crippen molar-refractivity contribution in [3.05, 3.63) is 23.9 Å². The van der Waals surface area contributed by atoms with E-state index in [2.05, 4.69) is 22.4 Å². The Morgan fingerprint density at radius 3 is 3.05 bits per heavy atom. The van der Waals surface area contributed by atoms with E-state index in [0.717, 1.165) is 31.7 Å². The van der Waals surface area contributed by atoms with Gasteiger partial charge in [0.2, 0.25) is 5.91 Å². The molecule has 110 valence electrons. The molecule has 1 aliphatic heterocycles. The molecule has 1 N–H and O–H groups in total. The minimum atomic E-state index is 0.225. The van der Waals surface area contributed by atoms with Crippen LogP contribution in [0.5, 0.6) is 0 Å². The summed E-state index contributed by atoms with van der Waals surface area (Å²) < 4.78 is 0. The summed E-state index contributed by atoms with van der Waals surface area (Å²) in [5, 5.41) is 3.07. The standard InChI is InChI=1S/C15H24N4O/c1-16-14-9-12(6-7-17-14)13-5-4-8-19(10-13)15(20)11-18(2)3/h6-7,9,13H,4-5,8,10-11H2,1-3H3,(H,16,17). The van der Waals surface area contributed by atoms with E-state index >= 15 is 0 Å². The van der Waals surface area contributed by atoms with Gasteiger partial charge in [0, 0.05) is 32.3 Å². The molecule has 5 heteroatoms. The number of piperidine rings is 1. The van der Waals surface area contributed by atoms with E-state index in [1.165, 1.54) is 5.56 Å². The van der Waals surface area contributed by atoms with Gasteiger partial charge < -0.3 is 15.1 Å². The molecule has 1 amide bonds. The molecule has 0 radical (unpaired) electrons. The molecule has 0 saturated carbocycles. The molecule has 1 fully saturated rings. The number of rotatable bonds is 4. The maximum atomic E-state index is 12.2. The molecular weight excluding hydrogens is 252 g/mol. The number of amides is 1. The molecule has 2 heterocycles. The number of hydrogen-bond acceptors (Lipinski definition) is 4. The van der Waals surface area contributed by atoms with E-state index in [1.807, 2.05) is 37.1 Å². The SMILES string of the molecule is CNc1cc(C2CCCN(C(=O)CN(C)C)C2)ccn1. The zero-order chi connectivity index (χ0) is 14.5. The van der Waals surface area contributed by atoms with Gasteiger partial charge in [0.25, 0.3) is 0 Å². The first-order valence-electron chi connectivity index (χ1n) is 7.16. The van der Waals surface area contributed by atoms with Crippen molar-refractivity contribution in [3.8, 4) is 0 Å². The summed E-state index contributed by atoms with van der Waals surface area (Å²) in [5.74, 6) is 1.53. The van der Waals surface area contributed by atoms with Crippen LogP contribution in [0, 0.1) is 0 Å². The fraction of sp³-hybridized carbons (Fsp3) is 0.600. The fourth-order valence-electron chi connectivity index (χ4n) is 2.68. The first kappa shape index (κ1) is 14.8. The maximum Gasteiger partial charge on any atom is 0.236 e. The molecule has 0 aliphatic carbocycles. The molecule has 1 aliphatic rings. The minimum Gasteiger partial charge on any atom is -0.373 e. The Morgan fingerprint density at radius 2 is 2.35 bits per heavy atom. The number of anilines is 1. The Kier molecular flexibility index (Phi) is 4.95. The Balaban J connectivity index is 2.04. The number of carbonyl (C=O) groups is 1. The number of nitrogens with zero attached hydrogens (tertiary/aromatic N) is 3. The van der Waals surface area contributed by atoms with Gasteiger partial charge in [-0.25, -0.2) is 4.98 Å². The van der Waals surface area contributed by atoms with Crippen LogP contribution in [0.1, 0.15) is 24.3 Å². The molecule has 1 aromatic rings. The maximum absolute atomic E-state index is 12.2. The lowest BCUT2D eigenvalue weighted by atomic mass is 9.91. The molecule has 2 rings (SSSR count). The third kappa shape index (κ3) is 3.70. The molecule has 1 saturated heterocycles. The second kappa shape index (κ2) is 6.70. The Hall–Kier alpha value is -1.62. The van der Waals surface area contributed by atoms with Crippen molar-refractivity contribution in [2.24, 2.45) is 0 Å². The fourth-order valence-corrected chi connectivity index (χ4v) is 2.68. The van der Waals surface area contributed by atoms with Gasteiger partial charge in [-0.2, -0.15) is 0 Å². The van der Waals surface area contributed by atoms with Crippen LogP contribution in [-0.2, 0) is 4.79 Å². The van der Waals surface area contributed by atoms with Crippen LogP contribution in [0.15, 0.2) is 18.3 Å². The lowest BCUT2D eigenvalue weighted by Crippen LogP contribution is -2.43. The summed E-state index contributed by atoms with van der Waals surface area (Å²) in [6, 6.07) is 4.15. The van der Waals surface area contributed by atoms with Crippen LogP contribution in [-0.4, -0.2) is 61.5 Å². The highest BCUT2D eigenvalue weighted by molar-refractivity contribution is 5.78.